The first-order valence-electron chi connectivity index (χ1n) is 6.35. The summed E-state index contributed by atoms with van der Waals surface area (Å²) in [5, 5.41) is 9.37. The van der Waals surface area contributed by atoms with Crippen molar-refractivity contribution in [2.45, 2.75) is 20.8 Å². The predicted molar refractivity (Wildman–Crippen MR) is 74.6 cm³/mol. The molecule has 0 fully saturated rings. The lowest BCUT2D eigenvalue weighted by Gasteiger charge is -2.07. The van der Waals surface area contributed by atoms with Crippen molar-refractivity contribution >= 4 is 17.7 Å². The summed E-state index contributed by atoms with van der Waals surface area (Å²) in [6.07, 6.45) is 2.94. The average Bonchev–Trinajstić information content (AvgIpc) is 2.82. The van der Waals surface area contributed by atoms with Gasteiger partial charge in [0.15, 0.2) is 5.82 Å². The molecule has 0 radical (unpaired) electrons. The Morgan fingerprint density at radius 2 is 2.05 bits per heavy atom. The van der Waals surface area contributed by atoms with Crippen LogP contribution in [-0.2, 0) is 0 Å². The molecule has 2 rings (SSSR count). The van der Waals surface area contributed by atoms with E-state index in [2.05, 4.69) is 39.6 Å². The number of aryl methyl sites for hydroxylation is 1. The van der Waals surface area contributed by atoms with Gasteiger partial charge in [-0.25, -0.2) is 9.97 Å². The van der Waals surface area contributed by atoms with Gasteiger partial charge in [-0.2, -0.15) is 0 Å². The molecule has 2 aromatic heterocycles. The second kappa shape index (κ2) is 6.14. The minimum absolute atomic E-state index is 0.325. The fourth-order valence-corrected chi connectivity index (χ4v) is 1.45. The number of rotatable bonds is 5. The molecule has 0 spiro atoms. The lowest BCUT2D eigenvalue weighted by Crippen LogP contribution is -2.14. The molecule has 2 heterocycles. The molecule has 0 aliphatic rings. The summed E-state index contributed by atoms with van der Waals surface area (Å²) >= 11 is 0. The maximum Gasteiger partial charge on any atom is 0.260 e. The number of amides is 1. The van der Waals surface area contributed by atoms with Gasteiger partial charge in [-0.1, -0.05) is 19.0 Å². The van der Waals surface area contributed by atoms with Crippen molar-refractivity contribution in [3.8, 4) is 0 Å². The van der Waals surface area contributed by atoms with Gasteiger partial charge in [0.1, 0.15) is 5.76 Å². The van der Waals surface area contributed by atoms with Crippen molar-refractivity contribution in [3.05, 3.63) is 29.8 Å². The predicted octanol–water partition coefficient (Wildman–Crippen LogP) is 2.09. The molecule has 0 unspecified atom stereocenters. The van der Waals surface area contributed by atoms with Gasteiger partial charge in [-0.05, 0) is 12.8 Å². The molecule has 0 saturated heterocycles. The maximum absolute atomic E-state index is 11.9. The molecule has 0 aromatic carbocycles. The molecule has 7 nitrogen and oxygen atoms in total. The molecule has 0 atom stereocenters. The van der Waals surface area contributed by atoms with Gasteiger partial charge < -0.3 is 15.2 Å². The van der Waals surface area contributed by atoms with Crippen LogP contribution in [0.1, 0.15) is 30.0 Å². The molecule has 0 aliphatic heterocycles. The molecule has 2 N–H and O–H groups in total. The van der Waals surface area contributed by atoms with Crippen molar-refractivity contribution < 1.29 is 9.32 Å². The van der Waals surface area contributed by atoms with Crippen molar-refractivity contribution in [1.82, 2.24) is 15.1 Å². The van der Waals surface area contributed by atoms with Crippen LogP contribution in [0.5, 0.6) is 0 Å². The molecule has 2 aromatic rings. The lowest BCUT2D eigenvalue weighted by molar-refractivity contribution is 0.102. The molecular weight excluding hydrogens is 258 g/mol. The van der Waals surface area contributed by atoms with E-state index >= 15 is 0 Å². The van der Waals surface area contributed by atoms with E-state index in [1.165, 1.54) is 12.4 Å². The third kappa shape index (κ3) is 3.78. The summed E-state index contributed by atoms with van der Waals surface area (Å²) in [6, 6.07) is 1.64. The number of aromatic nitrogens is 3. The minimum Gasteiger partial charge on any atom is -0.360 e. The van der Waals surface area contributed by atoms with E-state index in [9.17, 15) is 4.79 Å². The van der Waals surface area contributed by atoms with Crippen LogP contribution in [0.15, 0.2) is 23.0 Å². The Labute approximate surface area is 116 Å². The van der Waals surface area contributed by atoms with E-state index < -0.39 is 0 Å². The number of carbonyl (C=O) groups excluding carboxylic acids is 1. The Hall–Kier alpha value is -2.44. The van der Waals surface area contributed by atoms with E-state index in [-0.39, 0.29) is 5.91 Å². The number of nitrogens with zero attached hydrogens (tertiary/aromatic N) is 3. The first-order chi connectivity index (χ1) is 9.54. The zero-order valence-electron chi connectivity index (χ0n) is 11.7. The van der Waals surface area contributed by atoms with Gasteiger partial charge in [-0.15, -0.1) is 0 Å². The van der Waals surface area contributed by atoms with Gasteiger partial charge in [0.05, 0.1) is 5.56 Å². The maximum atomic E-state index is 11.9. The first kappa shape index (κ1) is 14.0. The van der Waals surface area contributed by atoms with Crippen LogP contribution >= 0.6 is 0 Å². The van der Waals surface area contributed by atoms with E-state index in [0.717, 1.165) is 6.54 Å². The van der Waals surface area contributed by atoms with E-state index in [0.29, 0.717) is 29.0 Å². The largest absolute Gasteiger partial charge is 0.360 e. The van der Waals surface area contributed by atoms with Gasteiger partial charge in [0.2, 0.25) is 5.95 Å². The van der Waals surface area contributed by atoms with Crippen LogP contribution in [0.2, 0.25) is 0 Å². The monoisotopic (exact) mass is 275 g/mol. The minimum atomic E-state index is -0.325. The van der Waals surface area contributed by atoms with Crippen LogP contribution in [-0.4, -0.2) is 27.6 Å². The summed E-state index contributed by atoms with van der Waals surface area (Å²) in [4.78, 5) is 20.1. The van der Waals surface area contributed by atoms with Crippen LogP contribution in [0.3, 0.4) is 0 Å². The average molecular weight is 275 g/mol. The smallest absolute Gasteiger partial charge is 0.260 e. The Kier molecular flexibility index (Phi) is 4.29. The molecule has 0 aliphatic carbocycles. The molecular formula is C13H17N5O2. The summed E-state index contributed by atoms with van der Waals surface area (Å²) in [5.74, 6) is 1.68. The SMILES string of the molecule is Cc1cc(NC(=O)c2cnc(NCC(C)C)nc2)no1. The Bertz CT molecular complexity index is 577. The second-order valence-corrected chi connectivity index (χ2v) is 4.85. The highest BCUT2D eigenvalue weighted by molar-refractivity contribution is 6.03. The van der Waals surface area contributed by atoms with E-state index in [1.54, 1.807) is 13.0 Å². The molecule has 0 bridgehead atoms. The zero-order valence-corrected chi connectivity index (χ0v) is 11.7. The number of carbonyl (C=O) groups is 1. The Morgan fingerprint density at radius 3 is 2.60 bits per heavy atom. The molecule has 20 heavy (non-hydrogen) atoms. The van der Waals surface area contributed by atoms with Crippen LogP contribution < -0.4 is 10.6 Å². The topological polar surface area (TPSA) is 92.9 Å². The van der Waals surface area contributed by atoms with E-state index in [4.69, 9.17) is 4.52 Å². The fourth-order valence-electron chi connectivity index (χ4n) is 1.45. The Morgan fingerprint density at radius 1 is 1.35 bits per heavy atom. The number of hydrogen-bond donors (Lipinski definition) is 2. The highest BCUT2D eigenvalue weighted by Crippen LogP contribution is 2.09. The number of nitrogens with one attached hydrogen (secondary N) is 2. The van der Waals surface area contributed by atoms with Crippen LogP contribution in [0.4, 0.5) is 11.8 Å². The highest BCUT2D eigenvalue weighted by Gasteiger charge is 2.10. The highest BCUT2D eigenvalue weighted by atomic mass is 16.5. The summed E-state index contributed by atoms with van der Waals surface area (Å²) in [6.45, 7) is 6.72. The molecule has 1 amide bonds. The third-order valence-electron chi connectivity index (χ3n) is 2.45. The van der Waals surface area contributed by atoms with Crippen LogP contribution in [0.25, 0.3) is 0 Å². The molecule has 106 valence electrons. The van der Waals surface area contributed by atoms with Gasteiger partial charge >= 0.3 is 0 Å². The summed E-state index contributed by atoms with van der Waals surface area (Å²) in [7, 11) is 0. The van der Waals surface area contributed by atoms with E-state index in [1.807, 2.05) is 0 Å². The lowest BCUT2D eigenvalue weighted by atomic mass is 10.2. The standard InChI is InChI=1S/C13H17N5O2/c1-8(2)5-14-13-15-6-10(7-16-13)12(19)17-11-4-9(3)20-18-11/h4,6-8H,5H2,1-3H3,(H,14,15,16)(H,17,18,19). The number of hydrogen-bond acceptors (Lipinski definition) is 6. The van der Waals surface area contributed by atoms with Crippen molar-refractivity contribution in [2.75, 3.05) is 17.2 Å². The van der Waals surface area contributed by atoms with Crippen molar-refractivity contribution in [2.24, 2.45) is 5.92 Å². The third-order valence-corrected chi connectivity index (χ3v) is 2.45. The van der Waals surface area contributed by atoms with Crippen molar-refractivity contribution in [3.63, 3.8) is 0 Å². The van der Waals surface area contributed by atoms with Crippen molar-refractivity contribution in [1.29, 1.82) is 0 Å². The summed E-state index contributed by atoms with van der Waals surface area (Å²) in [5.41, 5.74) is 0.362. The van der Waals surface area contributed by atoms with Gasteiger partial charge in [0.25, 0.3) is 5.91 Å². The quantitative estimate of drug-likeness (QED) is 0.868. The normalized spacial score (nSPS) is 10.6. The number of anilines is 2. The second-order valence-electron chi connectivity index (χ2n) is 4.85. The van der Waals surface area contributed by atoms with Gasteiger partial charge in [0, 0.05) is 25.0 Å². The fraction of sp³-hybridized carbons (Fsp3) is 0.385. The first-order valence-corrected chi connectivity index (χ1v) is 6.35. The summed E-state index contributed by atoms with van der Waals surface area (Å²) < 4.78 is 4.87. The van der Waals surface area contributed by atoms with Crippen LogP contribution in [0, 0.1) is 12.8 Å². The zero-order chi connectivity index (χ0) is 14.5. The molecule has 0 saturated carbocycles. The molecule has 7 heteroatoms. The Balaban J connectivity index is 1.96. The van der Waals surface area contributed by atoms with Gasteiger partial charge in [-0.3, -0.25) is 4.79 Å².